The third kappa shape index (κ3) is 6.25. The van der Waals surface area contributed by atoms with Crippen molar-refractivity contribution in [1.82, 2.24) is 14.8 Å². The first-order valence-corrected chi connectivity index (χ1v) is 11.3. The van der Waals surface area contributed by atoms with Crippen LogP contribution in [0.4, 0.5) is 5.69 Å². The summed E-state index contributed by atoms with van der Waals surface area (Å²) in [6, 6.07) is 12.4. The molecule has 2 aromatic carbocycles. The van der Waals surface area contributed by atoms with Crippen LogP contribution in [0.15, 0.2) is 64.7 Å². The van der Waals surface area contributed by atoms with Crippen LogP contribution in [0.3, 0.4) is 0 Å². The first kappa shape index (κ1) is 22.7. The van der Waals surface area contributed by atoms with Crippen LogP contribution >= 0.6 is 50.9 Å². The fourth-order valence-corrected chi connectivity index (χ4v) is 3.93. The number of hydrogen-bond acceptors (Lipinski definition) is 5. The van der Waals surface area contributed by atoms with Gasteiger partial charge in [0.1, 0.15) is 12.4 Å². The predicted octanol–water partition coefficient (Wildman–Crippen LogP) is 5.84. The van der Waals surface area contributed by atoms with E-state index in [0.717, 1.165) is 10.2 Å². The van der Waals surface area contributed by atoms with E-state index < -0.39 is 0 Å². The molecule has 6 nitrogen and oxygen atoms in total. The van der Waals surface area contributed by atoms with E-state index in [1.807, 2.05) is 28.8 Å². The average Bonchev–Trinajstić information content (AvgIpc) is 3.09. The van der Waals surface area contributed by atoms with Gasteiger partial charge >= 0.3 is 0 Å². The molecule has 0 saturated carbocycles. The summed E-state index contributed by atoms with van der Waals surface area (Å²) in [5.41, 5.74) is 0.727. The lowest BCUT2D eigenvalue weighted by Crippen LogP contribution is -2.15. The van der Waals surface area contributed by atoms with Gasteiger partial charge in [0.05, 0.1) is 10.8 Å². The summed E-state index contributed by atoms with van der Waals surface area (Å²) in [7, 11) is 0. The Kier molecular flexibility index (Phi) is 8.21. The van der Waals surface area contributed by atoms with Gasteiger partial charge in [0.2, 0.25) is 5.91 Å². The first-order chi connectivity index (χ1) is 14.5. The number of benzene rings is 2. The number of ether oxygens (including phenoxy) is 1. The summed E-state index contributed by atoms with van der Waals surface area (Å²) < 4.78 is 8.54. The molecule has 156 valence electrons. The van der Waals surface area contributed by atoms with Crippen LogP contribution in [0.2, 0.25) is 10.0 Å². The molecule has 1 aromatic heterocycles. The van der Waals surface area contributed by atoms with Gasteiger partial charge in [0.25, 0.3) is 0 Å². The molecule has 1 heterocycles. The summed E-state index contributed by atoms with van der Waals surface area (Å²) >= 11 is 16.7. The molecular formula is C20H17BrCl2N4O2S. The van der Waals surface area contributed by atoms with E-state index >= 15 is 0 Å². The number of carbonyl (C=O) groups excluding carboxylic acids is 1. The molecule has 0 unspecified atom stereocenters. The maximum Gasteiger partial charge on any atom is 0.234 e. The van der Waals surface area contributed by atoms with Gasteiger partial charge in [-0.1, -0.05) is 57.0 Å². The van der Waals surface area contributed by atoms with Crippen molar-refractivity contribution < 1.29 is 9.53 Å². The maximum absolute atomic E-state index is 12.3. The first-order valence-electron chi connectivity index (χ1n) is 8.75. The zero-order valence-electron chi connectivity index (χ0n) is 15.6. The molecule has 1 amide bonds. The number of anilines is 1. The molecule has 0 spiro atoms. The molecule has 0 aliphatic heterocycles. The molecule has 0 atom stereocenters. The van der Waals surface area contributed by atoms with Gasteiger partial charge in [-0.05, 0) is 42.5 Å². The number of nitrogens with zero attached hydrogens (tertiary/aromatic N) is 3. The number of thioether (sulfide) groups is 1. The topological polar surface area (TPSA) is 69.0 Å². The van der Waals surface area contributed by atoms with Crippen molar-refractivity contribution in [2.24, 2.45) is 0 Å². The number of carbonyl (C=O) groups is 1. The Morgan fingerprint density at radius 3 is 2.70 bits per heavy atom. The maximum atomic E-state index is 12.3. The molecule has 0 aliphatic rings. The van der Waals surface area contributed by atoms with Gasteiger partial charge < -0.3 is 10.1 Å². The highest BCUT2D eigenvalue weighted by molar-refractivity contribution is 9.10. The Morgan fingerprint density at radius 2 is 2.00 bits per heavy atom. The largest absolute Gasteiger partial charge is 0.484 e. The minimum absolute atomic E-state index is 0.138. The van der Waals surface area contributed by atoms with Gasteiger partial charge in [0.15, 0.2) is 11.0 Å². The van der Waals surface area contributed by atoms with Crippen molar-refractivity contribution >= 4 is 62.5 Å². The van der Waals surface area contributed by atoms with Gasteiger partial charge in [-0.15, -0.1) is 16.8 Å². The molecule has 10 heteroatoms. The third-order valence-corrected chi connectivity index (χ3v) is 5.84. The smallest absolute Gasteiger partial charge is 0.234 e. The van der Waals surface area contributed by atoms with Crippen molar-refractivity contribution in [3.63, 3.8) is 0 Å². The highest BCUT2D eigenvalue weighted by Gasteiger charge is 2.15. The lowest BCUT2D eigenvalue weighted by Gasteiger charge is -2.10. The van der Waals surface area contributed by atoms with Crippen LogP contribution in [0.25, 0.3) is 0 Å². The molecule has 0 fully saturated rings. The summed E-state index contributed by atoms with van der Waals surface area (Å²) in [6.45, 7) is 4.42. The standard InChI is InChI=1S/C20H17BrCl2N4O2S/c1-2-9-27-18(11-29-17-8-5-14(22)10-16(17)23)25-26-20(27)30-12-19(28)24-15-6-3-13(21)4-7-15/h2-8,10H,1,9,11-12H2,(H,24,28). The SMILES string of the molecule is C=CCn1c(COc2ccc(Cl)cc2Cl)nnc1SCC(=O)Nc1ccc(Br)cc1. The molecule has 0 radical (unpaired) electrons. The zero-order chi connectivity index (χ0) is 21.5. The van der Waals surface area contributed by atoms with Gasteiger partial charge in [-0.2, -0.15) is 0 Å². The fourth-order valence-electron chi connectivity index (χ4n) is 2.44. The number of rotatable bonds is 9. The summed E-state index contributed by atoms with van der Waals surface area (Å²) in [5, 5.41) is 12.8. The quantitative estimate of drug-likeness (QED) is 0.279. The summed E-state index contributed by atoms with van der Waals surface area (Å²) in [5.74, 6) is 1.14. The minimum atomic E-state index is -0.138. The molecule has 1 N–H and O–H groups in total. The van der Waals surface area contributed by atoms with Crippen molar-refractivity contribution in [3.05, 3.63) is 75.5 Å². The second-order valence-electron chi connectivity index (χ2n) is 6.01. The van der Waals surface area contributed by atoms with Crippen LogP contribution < -0.4 is 10.1 Å². The Bertz CT molecular complexity index is 1040. The Hall–Kier alpha value is -2.00. The van der Waals surface area contributed by atoms with Crippen LogP contribution in [0.5, 0.6) is 5.75 Å². The number of nitrogens with one attached hydrogen (secondary N) is 1. The van der Waals surface area contributed by atoms with Crippen LogP contribution in [-0.4, -0.2) is 26.4 Å². The van der Waals surface area contributed by atoms with E-state index in [0.29, 0.717) is 33.3 Å². The molecule has 30 heavy (non-hydrogen) atoms. The van der Waals surface area contributed by atoms with Gasteiger partial charge in [-0.25, -0.2) is 0 Å². The van der Waals surface area contributed by atoms with Crippen LogP contribution in [-0.2, 0) is 17.9 Å². The second-order valence-corrected chi connectivity index (χ2v) is 8.71. The number of aromatic nitrogens is 3. The van der Waals surface area contributed by atoms with E-state index in [2.05, 4.69) is 38.0 Å². The normalized spacial score (nSPS) is 10.6. The summed E-state index contributed by atoms with van der Waals surface area (Å²) in [4.78, 5) is 12.3. The van der Waals surface area contributed by atoms with Crippen LogP contribution in [0.1, 0.15) is 5.82 Å². The number of amides is 1. The minimum Gasteiger partial charge on any atom is -0.484 e. The highest BCUT2D eigenvalue weighted by atomic mass is 79.9. The monoisotopic (exact) mass is 526 g/mol. The van der Waals surface area contributed by atoms with E-state index in [1.165, 1.54) is 11.8 Å². The summed E-state index contributed by atoms with van der Waals surface area (Å²) in [6.07, 6.45) is 1.73. The van der Waals surface area contributed by atoms with E-state index in [-0.39, 0.29) is 18.3 Å². The van der Waals surface area contributed by atoms with Crippen molar-refractivity contribution in [3.8, 4) is 5.75 Å². The van der Waals surface area contributed by atoms with Crippen molar-refractivity contribution in [2.75, 3.05) is 11.1 Å². The van der Waals surface area contributed by atoms with Gasteiger partial charge in [-0.3, -0.25) is 9.36 Å². The van der Waals surface area contributed by atoms with E-state index in [9.17, 15) is 4.79 Å². The Labute approximate surface area is 196 Å². The molecule has 0 aliphatic carbocycles. The third-order valence-electron chi connectivity index (χ3n) is 3.82. The lowest BCUT2D eigenvalue weighted by molar-refractivity contribution is -0.113. The Balaban J connectivity index is 1.62. The van der Waals surface area contributed by atoms with Crippen LogP contribution in [0, 0.1) is 0 Å². The number of halogens is 3. The molecule has 0 bridgehead atoms. The number of allylic oxidation sites excluding steroid dienone is 1. The molecule has 3 rings (SSSR count). The van der Waals surface area contributed by atoms with E-state index in [4.69, 9.17) is 27.9 Å². The lowest BCUT2D eigenvalue weighted by atomic mass is 10.3. The van der Waals surface area contributed by atoms with Crippen molar-refractivity contribution in [2.45, 2.75) is 18.3 Å². The molecule has 0 saturated heterocycles. The predicted molar refractivity (Wildman–Crippen MR) is 125 cm³/mol. The second kappa shape index (κ2) is 10.9. The molecule has 3 aromatic rings. The van der Waals surface area contributed by atoms with Crippen molar-refractivity contribution in [1.29, 1.82) is 0 Å². The number of hydrogen-bond donors (Lipinski definition) is 1. The highest BCUT2D eigenvalue weighted by Crippen LogP contribution is 2.28. The average molecular weight is 528 g/mol. The Morgan fingerprint density at radius 1 is 1.23 bits per heavy atom. The molecular weight excluding hydrogens is 511 g/mol. The van der Waals surface area contributed by atoms with Gasteiger partial charge in [0, 0.05) is 21.7 Å². The fraction of sp³-hybridized carbons (Fsp3) is 0.150. The van der Waals surface area contributed by atoms with E-state index in [1.54, 1.807) is 24.3 Å². The zero-order valence-corrected chi connectivity index (χ0v) is 19.6.